The molecule has 0 aliphatic rings. The fourth-order valence-corrected chi connectivity index (χ4v) is 1.88. The molecule has 0 aromatic carbocycles. The molecule has 17 heavy (non-hydrogen) atoms. The standard InChI is InChI=1S/C15H28O2/c1-2-3-4-5-6-7-8-9-10-12-15(17)13-11-14-16/h11,13,16H,2-10,12,14H2,1H3/b13-11+. The predicted molar refractivity (Wildman–Crippen MR) is 73.1 cm³/mol. The first kappa shape index (κ1) is 16.4. The molecule has 0 aromatic heterocycles. The molecule has 0 aromatic rings. The van der Waals surface area contributed by atoms with Crippen molar-refractivity contribution in [2.45, 2.75) is 71.1 Å². The number of ketones is 1. The van der Waals surface area contributed by atoms with Crippen LogP contribution in [0.5, 0.6) is 0 Å². The average molecular weight is 240 g/mol. The summed E-state index contributed by atoms with van der Waals surface area (Å²) in [4.78, 5) is 11.2. The van der Waals surface area contributed by atoms with Crippen LogP contribution in [-0.2, 0) is 4.79 Å². The zero-order valence-electron chi connectivity index (χ0n) is 11.3. The van der Waals surface area contributed by atoms with Crippen LogP contribution in [-0.4, -0.2) is 17.5 Å². The highest BCUT2D eigenvalue weighted by atomic mass is 16.2. The summed E-state index contributed by atoms with van der Waals surface area (Å²) in [5, 5.41) is 8.51. The summed E-state index contributed by atoms with van der Waals surface area (Å²) in [5.41, 5.74) is 0. The molecule has 0 saturated heterocycles. The first-order chi connectivity index (χ1) is 8.31. The zero-order chi connectivity index (χ0) is 12.8. The quantitative estimate of drug-likeness (QED) is 0.413. The summed E-state index contributed by atoms with van der Waals surface area (Å²) in [5.74, 6) is 0.141. The first-order valence-electron chi connectivity index (χ1n) is 7.11. The summed E-state index contributed by atoms with van der Waals surface area (Å²) in [6.07, 6.45) is 15.1. The Morgan fingerprint density at radius 2 is 1.47 bits per heavy atom. The van der Waals surface area contributed by atoms with E-state index in [1.807, 2.05) is 0 Å². The highest BCUT2D eigenvalue weighted by molar-refractivity contribution is 5.89. The van der Waals surface area contributed by atoms with Crippen LogP contribution < -0.4 is 0 Å². The molecule has 2 heteroatoms. The molecule has 0 spiro atoms. The number of rotatable bonds is 12. The number of carbonyl (C=O) groups excluding carboxylic acids is 1. The van der Waals surface area contributed by atoms with Gasteiger partial charge in [0.05, 0.1) is 6.61 Å². The second-order valence-corrected chi connectivity index (χ2v) is 4.63. The van der Waals surface area contributed by atoms with Gasteiger partial charge in [0.2, 0.25) is 0 Å². The van der Waals surface area contributed by atoms with Gasteiger partial charge in [0.15, 0.2) is 5.78 Å². The van der Waals surface area contributed by atoms with Gasteiger partial charge in [-0.1, -0.05) is 64.4 Å². The zero-order valence-corrected chi connectivity index (χ0v) is 11.3. The van der Waals surface area contributed by atoms with Gasteiger partial charge in [0, 0.05) is 6.42 Å². The van der Waals surface area contributed by atoms with Gasteiger partial charge in [-0.25, -0.2) is 0 Å². The van der Waals surface area contributed by atoms with Crippen molar-refractivity contribution in [1.29, 1.82) is 0 Å². The molecule has 100 valence electrons. The Hall–Kier alpha value is -0.630. The third kappa shape index (κ3) is 13.3. The molecule has 0 unspecified atom stereocenters. The maximum atomic E-state index is 11.2. The molecule has 0 saturated carbocycles. The third-order valence-corrected chi connectivity index (χ3v) is 2.94. The Balaban J connectivity index is 3.13. The van der Waals surface area contributed by atoms with Gasteiger partial charge in [-0.05, 0) is 12.5 Å². The molecule has 0 aliphatic heterocycles. The molecule has 2 nitrogen and oxygen atoms in total. The molecular formula is C15H28O2. The van der Waals surface area contributed by atoms with Crippen molar-refractivity contribution in [2.75, 3.05) is 6.61 Å². The lowest BCUT2D eigenvalue weighted by molar-refractivity contribution is -0.114. The number of aliphatic hydroxyl groups is 1. The topological polar surface area (TPSA) is 37.3 Å². The Kier molecular flexibility index (Phi) is 12.9. The Morgan fingerprint density at radius 3 is 2.00 bits per heavy atom. The number of unbranched alkanes of at least 4 members (excludes halogenated alkanes) is 8. The van der Waals surface area contributed by atoms with Crippen LogP contribution in [0.15, 0.2) is 12.2 Å². The molecular weight excluding hydrogens is 212 g/mol. The van der Waals surface area contributed by atoms with E-state index in [2.05, 4.69) is 6.92 Å². The Bertz CT molecular complexity index is 197. The lowest BCUT2D eigenvalue weighted by Crippen LogP contribution is -1.93. The van der Waals surface area contributed by atoms with Crippen molar-refractivity contribution in [3.8, 4) is 0 Å². The number of allylic oxidation sites excluding steroid dienone is 1. The van der Waals surface area contributed by atoms with Crippen molar-refractivity contribution in [3.63, 3.8) is 0 Å². The summed E-state index contributed by atoms with van der Waals surface area (Å²) in [6.45, 7) is 2.20. The van der Waals surface area contributed by atoms with E-state index in [1.165, 1.54) is 57.1 Å². The Labute approximate surface area is 106 Å². The molecule has 0 rings (SSSR count). The highest BCUT2D eigenvalue weighted by Gasteiger charge is 1.96. The number of carbonyl (C=O) groups is 1. The molecule has 0 radical (unpaired) electrons. The predicted octanol–water partition coefficient (Wildman–Crippen LogP) is 4.02. The van der Waals surface area contributed by atoms with Crippen LogP contribution in [0.2, 0.25) is 0 Å². The maximum absolute atomic E-state index is 11.2. The molecule has 0 fully saturated rings. The highest BCUT2D eigenvalue weighted by Crippen LogP contribution is 2.10. The SMILES string of the molecule is CCCCCCCCCCCC(=O)/C=C/CO. The van der Waals surface area contributed by atoms with E-state index in [9.17, 15) is 4.79 Å². The van der Waals surface area contributed by atoms with E-state index in [0.717, 1.165) is 12.8 Å². The van der Waals surface area contributed by atoms with Crippen LogP contribution in [0.3, 0.4) is 0 Å². The molecule has 0 aliphatic carbocycles. The van der Waals surface area contributed by atoms with Crippen molar-refractivity contribution in [2.24, 2.45) is 0 Å². The van der Waals surface area contributed by atoms with Gasteiger partial charge in [-0.2, -0.15) is 0 Å². The molecule has 0 atom stereocenters. The first-order valence-corrected chi connectivity index (χ1v) is 7.11. The second kappa shape index (κ2) is 13.4. The number of hydrogen-bond donors (Lipinski definition) is 1. The van der Waals surface area contributed by atoms with E-state index in [-0.39, 0.29) is 12.4 Å². The third-order valence-electron chi connectivity index (χ3n) is 2.94. The van der Waals surface area contributed by atoms with Crippen LogP contribution in [0.1, 0.15) is 71.1 Å². The van der Waals surface area contributed by atoms with Gasteiger partial charge in [0.25, 0.3) is 0 Å². The fraction of sp³-hybridized carbons (Fsp3) is 0.800. The molecule has 0 amide bonds. The van der Waals surface area contributed by atoms with Crippen molar-refractivity contribution >= 4 is 5.78 Å². The summed E-state index contributed by atoms with van der Waals surface area (Å²) in [7, 11) is 0. The van der Waals surface area contributed by atoms with Crippen molar-refractivity contribution < 1.29 is 9.90 Å². The van der Waals surface area contributed by atoms with Crippen LogP contribution in [0.25, 0.3) is 0 Å². The van der Waals surface area contributed by atoms with Crippen molar-refractivity contribution in [1.82, 2.24) is 0 Å². The smallest absolute Gasteiger partial charge is 0.155 e. The molecule has 1 N–H and O–H groups in total. The van der Waals surface area contributed by atoms with E-state index in [4.69, 9.17) is 5.11 Å². The minimum absolute atomic E-state index is 0.0382. The maximum Gasteiger partial charge on any atom is 0.155 e. The summed E-state index contributed by atoms with van der Waals surface area (Å²) < 4.78 is 0. The minimum Gasteiger partial charge on any atom is -0.392 e. The number of aliphatic hydroxyl groups excluding tert-OH is 1. The average Bonchev–Trinajstić information content (AvgIpc) is 2.34. The summed E-state index contributed by atoms with van der Waals surface area (Å²) >= 11 is 0. The monoisotopic (exact) mass is 240 g/mol. The molecule has 0 bridgehead atoms. The van der Waals surface area contributed by atoms with Gasteiger partial charge in [-0.15, -0.1) is 0 Å². The fourth-order valence-electron chi connectivity index (χ4n) is 1.88. The normalized spacial score (nSPS) is 11.2. The lowest BCUT2D eigenvalue weighted by Gasteiger charge is -2.00. The largest absolute Gasteiger partial charge is 0.392 e. The lowest BCUT2D eigenvalue weighted by atomic mass is 10.1. The van der Waals surface area contributed by atoms with Gasteiger partial charge in [0.1, 0.15) is 0 Å². The van der Waals surface area contributed by atoms with Gasteiger partial charge >= 0.3 is 0 Å². The van der Waals surface area contributed by atoms with E-state index in [0.29, 0.717) is 6.42 Å². The number of hydrogen-bond acceptors (Lipinski definition) is 2. The van der Waals surface area contributed by atoms with Crippen LogP contribution >= 0.6 is 0 Å². The van der Waals surface area contributed by atoms with E-state index >= 15 is 0 Å². The van der Waals surface area contributed by atoms with E-state index in [1.54, 1.807) is 0 Å². The van der Waals surface area contributed by atoms with E-state index < -0.39 is 0 Å². The van der Waals surface area contributed by atoms with Gasteiger partial charge in [-0.3, -0.25) is 4.79 Å². The van der Waals surface area contributed by atoms with Crippen LogP contribution in [0, 0.1) is 0 Å². The summed E-state index contributed by atoms with van der Waals surface area (Å²) in [6, 6.07) is 0. The van der Waals surface area contributed by atoms with Crippen molar-refractivity contribution in [3.05, 3.63) is 12.2 Å². The second-order valence-electron chi connectivity index (χ2n) is 4.63. The van der Waals surface area contributed by atoms with Crippen LogP contribution in [0.4, 0.5) is 0 Å². The molecule has 0 heterocycles. The minimum atomic E-state index is -0.0382. The Morgan fingerprint density at radius 1 is 0.941 bits per heavy atom. The van der Waals surface area contributed by atoms with Gasteiger partial charge < -0.3 is 5.11 Å².